The van der Waals surface area contributed by atoms with Crippen LogP contribution in [0.4, 0.5) is 22.7 Å². The minimum absolute atomic E-state index is 0.110. The van der Waals surface area contributed by atoms with Crippen LogP contribution in [0.3, 0.4) is 0 Å². The van der Waals surface area contributed by atoms with E-state index in [-0.39, 0.29) is 11.3 Å². The zero-order valence-corrected chi connectivity index (χ0v) is 12.3. The fraction of sp³-hybridized carbons (Fsp3) is 0.188. The molecular formula is C16H19N3O2. The van der Waals surface area contributed by atoms with E-state index in [0.29, 0.717) is 0 Å². The summed E-state index contributed by atoms with van der Waals surface area (Å²) >= 11 is 0. The van der Waals surface area contributed by atoms with E-state index in [2.05, 4.69) is 12.2 Å². The first-order chi connectivity index (χ1) is 9.88. The number of nitrogen functional groups attached to an aromatic ring is 1. The Morgan fingerprint density at radius 3 is 2.33 bits per heavy atom. The molecule has 0 spiro atoms. The predicted octanol–water partition coefficient (Wildman–Crippen LogP) is 3.09. The number of nitrogens with zero attached hydrogens (tertiary/aromatic N) is 1. The number of hydrogen-bond acceptors (Lipinski definition) is 4. The van der Waals surface area contributed by atoms with Gasteiger partial charge < -0.3 is 21.1 Å². The van der Waals surface area contributed by atoms with Gasteiger partial charge in [0.1, 0.15) is 0 Å². The molecule has 2 aromatic carbocycles. The lowest BCUT2D eigenvalue weighted by Crippen LogP contribution is -2.10. The smallest absolute Gasteiger partial charge is 0.337 e. The molecule has 0 amide bonds. The molecule has 2 aromatic rings. The summed E-state index contributed by atoms with van der Waals surface area (Å²) < 4.78 is 0. The van der Waals surface area contributed by atoms with Gasteiger partial charge in [-0.3, -0.25) is 0 Å². The molecule has 0 aromatic heterocycles. The largest absolute Gasteiger partial charge is 0.478 e. The second kappa shape index (κ2) is 5.75. The van der Waals surface area contributed by atoms with Gasteiger partial charge in [-0.15, -0.1) is 0 Å². The predicted molar refractivity (Wildman–Crippen MR) is 86.6 cm³/mol. The minimum atomic E-state index is -1.02. The number of aromatic carboxylic acids is 1. The van der Waals surface area contributed by atoms with Crippen molar-refractivity contribution in [2.24, 2.45) is 0 Å². The minimum Gasteiger partial charge on any atom is -0.478 e. The van der Waals surface area contributed by atoms with Crippen molar-refractivity contribution in [3.63, 3.8) is 0 Å². The molecular weight excluding hydrogens is 266 g/mol. The lowest BCUT2D eigenvalue weighted by molar-refractivity contribution is 0.0698. The first-order valence-electron chi connectivity index (χ1n) is 6.56. The molecule has 0 aliphatic heterocycles. The van der Waals surface area contributed by atoms with E-state index in [4.69, 9.17) is 10.8 Å². The van der Waals surface area contributed by atoms with E-state index in [1.165, 1.54) is 11.6 Å². The van der Waals surface area contributed by atoms with Crippen molar-refractivity contribution in [3.8, 4) is 0 Å². The second-order valence-corrected chi connectivity index (χ2v) is 5.13. The Labute approximate surface area is 124 Å². The number of rotatable bonds is 4. The van der Waals surface area contributed by atoms with Crippen LogP contribution >= 0.6 is 0 Å². The summed E-state index contributed by atoms with van der Waals surface area (Å²) in [5, 5.41) is 12.2. The number of anilines is 4. The second-order valence-electron chi connectivity index (χ2n) is 5.13. The molecule has 0 atom stereocenters. The molecule has 0 unspecified atom stereocenters. The molecule has 5 nitrogen and oxygen atoms in total. The monoisotopic (exact) mass is 285 g/mol. The van der Waals surface area contributed by atoms with E-state index >= 15 is 0 Å². The first-order valence-corrected chi connectivity index (χ1v) is 6.56. The van der Waals surface area contributed by atoms with Crippen LogP contribution in [0.1, 0.15) is 15.9 Å². The number of carbonyl (C=O) groups is 1. The van der Waals surface area contributed by atoms with Gasteiger partial charge in [0.2, 0.25) is 0 Å². The van der Waals surface area contributed by atoms with Crippen LogP contribution in [0, 0.1) is 6.92 Å². The maximum absolute atomic E-state index is 10.9. The average Bonchev–Trinajstić information content (AvgIpc) is 2.40. The van der Waals surface area contributed by atoms with Crippen molar-refractivity contribution in [1.29, 1.82) is 0 Å². The standard InChI is InChI=1S/C16H19N3O2/c1-10-4-5-12(9-15(10)19(2)3)18-11-6-7-13(16(20)21)14(17)8-11/h4-9,18H,17H2,1-3H3,(H,20,21). The number of hydrogen-bond donors (Lipinski definition) is 3. The van der Waals surface area contributed by atoms with Crippen molar-refractivity contribution in [2.75, 3.05) is 30.0 Å². The summed E-state index contributed by atoms with van der Waals surface area (Å²) in [6.45, 7) is 2.05. The van der Waals surface area contributed by atoms with E-state index in [1.54, 1.807) is 12.1 Å². The summed E-state index contributed by atoms with van der Waals surface area (Å²) in [4.78, 5) is 13.0. The molecule has 110 valence electrons. The molecule has 0 fully saturated rings. The summed E-state index contributed by atoms with van der Waals surface area (Å²) in [5.41, 5.74) is 10.1. The third-order valence-electron chi connectivity index (χ3n) is 3.26. The first kappa shape index (κ1) is 14.7. The molecule has 0 saturated carbocycles. The van der Waals surface area contributed by atoms with Crippen LogP contribution in [0.25, 0.3) is 0 Å². The highest BCUT2D eigenvalue weighted by molar-refractivity contribution is 5.94. The zero-order chi connectivity index (χ0) is 15.6. The van der Waals surface area contributed by atoms with Crippen LogP contribution < -0.4 is 16.0 Å². The normalized spacial score (nSPS) is 10.2. The fourth-order valence-electron chi connectivity index (χ4n) is 2.17. The maximum atomic E-state index is 10.9. The fourth-order valence-corrected chi connectivity index (χ4v) is 2.17. The van der Waals surface area contributed by atoms with Gasteiger partial charge in [-0.1, -0.05) is 6.07 Å². The third-order valence-corrected chi connectivity index (χ3v) is 3.26. The van der Waals surface area contributed by atoms with Crippen LogP contribution in [-0.4, -0.2) is 25.2 Å². The highest BCUT2D eigenvalue weighted by atomic mass is 16.4. The molecule has 21 heavy (non-hydrogen) atoms. The Morgan fingerprint density at radius 2 is 1.76 bits per heavy atom. The van der Waals surface area contributed by atoms with Gasteiger partial charge in [-0.05, 0) is 42.8 Å². The quantitative estimate of drug-likeness (QED) is 0.752. The zero-order valence-electron chi connectivity index (χ0n) is 12.3. The Hall–Kier alpha value is -2.69. The van der Waals surface area contributed by atoms with Crippen LogP contribution in [0.2, 0.25) is 0 Å². The van der Waals surface area contributed by atoms with Gasteiger partial charge in [0, 0.05) is 36.8 Å². The summed E-state index contributed by atoms with van der Waals surface area (Å²) in [6.07, 6.45) is 0. The molecule has 2 rings (SSSR count). The van der Waals surface area contributed by atoms with Gasteiger partial charge >= 0.3 is 5.97 Å². The number of carboxylic acids is 1. The highest BCUT2D eigenvalue weighted by Crippen LogP contribution is 2.26. The Kier molecular flexibility index (Phi) is 4.03. The SMILES string of the molecule is Cc1ccc(Nc2ccc(C(=O)O)c(N)c2)cc1N(C)C. The van der Waals surface area contributed by atoms with Gasteiger partial charge in [0.05, 0.1) is 5.56 Å². The lowest BCUT2D eigenvalue weighted by Gasteiger charge is -2.17. The molecule has 4 N–H and O–H groups in total. The summed E-state index contributed by atoms with van der Waals surface area (Å²) in [6, 6.07) is 10.9. The van der Waals surface area contributed by atoms with E-state index in [1.807, 2.05) is 37.2 Å². The number of nitrogens with two attached hydrogens (primary N) is 1. The summed E-state index contributed by atoms with van der Waals surface area (Å²) in [7, 11) is 3.98. The lowest BCUT2D eigenvalue weighted by atomic mass is 10.1. The van der Waals surface area contributed by atoms with Crippen molar-refractivity contribution in [3.05, 3.63) is 47.5 Å². The summed E-state index contributed by atoms with van der Waals surface area (Å²) in [5.74, 6) is -1.02. The van der Waals surface area contributed by atoms with Crippen LogP contribution in [-0.2, 0) is 0 Å². The average molecular weight is 285 g/mol. The molecule has 0 aliphatic rings. The Balaban J connectivity index is 2.28. The number of aryl methyl sites for hydroxylation is 1. The van der Waals surface area contributed by atoms with Gasteiger partial charge in [-0.25, -0.2) is 4.79 Å². The molecule has 0 saturated heterocycles. The van der Waals surface area contributed by atoms with E-state index in [0.717, 1.165) is 17.1 Å². The topological polar surface area (TPSA) is 78.6 Å². The highest BCUT2D eigenvalue weighted by Gasteiger charge is 2.08. The van der Waals surface area contributed by atoms with Gasteiger partial charge in [-0.2, -0.15) is 0 Å². The van der Waals surface area contributed by atoms with Crippen molar-refractivity contribution in [2.45, 2.75) is 6.92 Å². The molecule has 0 bridgehead atoms. The Morgan fingerprint density at radius 1 is 1.14 bits per heavy atom. The molecule has 5 heteroatoms. The number of benzene rings is 2. The number of nitrogens with one attached hydrogen (secondary N) is 1. The van der Waals surface area contributed by atoms with E-state index < -0.39 is 5.97 Å². The van der Waals surface area contributed by atoms with Gasteiger partial charge in [0.25, 0.3) is 0 Å². The van der Waals surface area contributed by atoms with Gasteiger partial charge in [0.15, 0.2) is 0 Å². The molecule has 0 heterocycles. The molecule has 0 radical (unpaired) electrons. The number of carboxylic acid groups (broad SMARTS) is 1. The Bertz CT molecular complexity index is 681. The van der Waals surface area contributed by atoms with E-state index in [9.17, 15) is 4.79 Å². The third kappa shape index (κ3) is 3.25. The van der Waals surface area contributed by atoms with Crippen LogP contribution in [0.15, 0.2) is 36.4 Å². The van der Waals surface area contributed by atoms with Crippen LogP contribution in [0.5, 0.6) is 0 Å². The van der Waals surface area contributed by atoms with Crippen molar-refractivity contribution in [1.82, 2.24) is 0 Å². The van der Waals surface area contributed by atoms with Crippen molar-refractivity contribution < 1.29 is 9.90 Å². The van der Waals surface area contributed by atoms with Crippen molar-refractivity contribution >= 4 is 28.7 Å². The maximum Gasteiger partial charge on any atom is 0.337 e. The molecule has 0 aliphatic carbocycles.